The maximum atomic E-state index is 12.4. The zero-order valence-corrected chi connectivity index (χ0v) is 7.79. The van der Waals surface area contributed by atoms with E-state index in [1.165, 1.54) is 6.92 Å². The summed E-state index contributed by atoms with van der Waals surface area (Å²) in [7, 11) is 0. The number of carboxylic acid groups (broad SMARTS) is 1. The summed E-state index contributed by atoms with van der Waals surface area (Å²) in [6.45, 7) is 1.31. The molecule has 0 heterocycles. The third-order valence-corrected chi connectivity index (χ3v) is 2.08. The van der Waals surface area contributed by atoms with Crippen molar-refractivity contribution in [1.29, 1.82) is 5.26 Å². The van der Waals surface area contributed by atoms with Crippen molar-refractivity contribution in [1.82, 2.24) is 0 Å². The van der Waals surface area contributed by atoms with E-state index in [4.69, 9.17) is 10.4 Å². The average Bonchev–Trinajstić information content (AvgIpc) is 2.16. The van der Waals surface area contributed by atoms with Crippen LogP contribution in [0.2, 0.25) is 0 Å². The van der Waals surface area contributed by atoms with Gasteiger partial charge in [-0.3, -0.25) is 0 Å². The number of hydrogen-bond donors (Lipinski definition) is 1. The predicted molar refractivity (Wildman–Crippen MR) is 47.8 cm³/mol. The summed E-state index contributed by atoms with van der Waals surface area (Å²) in [6.07, 6.45) is -2.71. The molecular weight excluding hydrogens is 204 g/mol. The number of carbonyl (C=O) groups is 1. The van der Waals surface area contributed by atoms with E-state index >= 15 is 0 Å². The first-order chi connectivity index (χ1) is 6.99. The van der Waals surface area contributed by atoms with Crippen molar-refractivity contribution in [3.8, 4) is 6.07 Å². The Labute approximate surface area is 84.6 Å². The molecule has 0 spiro atoms. The molecule has 0 fully saturated rings. The van der Waals surface area contributed by atoms with E-state index in [9.17, 15) is 13.6 Å². The lowest BCUT2D eigenvalue weighted by Gasteiger charge is -2.08. The van der Waals surface area contributed by atoms with Crippen LogP contribution >= 0.6 is 0 Å². The molecule has 1 rings (SSSR count). The first-order valence-electron chi connectivity index (χ1n) is 4.04. The summed E-state index contributed by atoms with van der Waals surface area (Å²) in [5.74, 6) is -1.30. The lowest BCUT2D eigenvalue weighted by atomic mass is 9.98. The molecule has 78 valence electrons. The second kappa shape index (κ2) is 4.05. The average molecular weight is 211 g/mol. The molecule has 0 atom stereocenters. The number of hydrogen-bond acceptors (Lipinski definition) is 2. The molecule has 1 aromatic rings. The minimum absolute atomic E-state index is 0.0207. The lowest BCUT2D eigenvalue weighted by Crippen LogP contribution is -2.04. The van der Waals surface area contributed by atoms with Gasteiger partial charge in [0.15, 0.2) is 0 Å². The van der Waals surface area contributed by atoms with Gasteiger partial charge in [0.1, 0.15) is 6.07 Å². The monoisotopic (exact) mass is 211 g/mol. The molecular formula is C10H7F2NO2. The molecule has 5 heteroatoms. The van der Waals surface area contributed by atoms with E-state index in [0.29, 0.717) is 0 Å². The second-order valence-corrected chi connectivity index (χ2v) is 2.92. The van der Waals surface area contributed by atoms with Crippen LogP contribution in [0.4, 0.5) is 8.78 Å². The maximum absolute atomic E-state index is 12.4. The Morgan fingerprint density at radius 2 is 2.13 bits per heavy atom. The topological polar surface area (TPSA) is 61.1 Å². The van der Waals surface area contributed by atoms with Crippen LogP contribution in [0.1, 0.15) is 33.5 Å². The molecule has 3 nitrogen and oxygen atoms in total. The smallest absolute Gasteiger partial charge is 0.337 e. The van der Waals surface area contributed by atoms with Gasteiger partial charge in [0.05, 0.1) is 11.1 Å². The molecule has 0 saturated carbocycles. The minimum Gasteiger partial charge on any atom is -0.478 e. The van der Waals surface area contributed by atoms with Gasteiger partial charge in [-0.2, -0.15) is 5.26 Å². The fraction of sp³-hybridized carbons (Fsp3) is 0.200. The predicted octanol–water partition coefficient (Wildman–Crippen LogP) is 2.50. The van der Waals surface area contributed by atoms with Crippen molar-refractivity contribution in [2.45, 2.75) is 13.3 Å². The summed E-state index contributed by atoms with van der Waals surface area (Å²) >= 11 is 0. The molecule has 0 aliphatic carbocycles. The van der Waals surface area contributed by atoms with Gasteiger partial charge in [-0.1, -0.05) is 6.07 Å². The molecule has 0 aliphatic rings. The summed E-state index contributed by atoms with van der Waals surface area (Å²) in [5.41, 5.74) is -0.747. The van der Waals surface area contributed by atoms with Crippen molar-refractivity contribution in [3.05, 3.63) is 34.4 Å². The Bertz CT molecular complexity index is 449. The van der Waals surface area contributed by atoms with Crippen LogP contribution < -0.4 is 0 Å². The standard InChI is InChI=1S/C10H7F2NO2/c1-5-6(9(11)12)2-3-7(10(14)15)8(5)4-13/h2-3,9H,1H3,(H,14,15). The maximum Gasteiger partial charge on any atom is 0.337 e. The van der Waals surface area contributed by atoms with Crippen molar-refractivity contribution in [3.63, 3.8) is 0 Å². The fourth-order valence-electron chi connectivity index (χ4n) is 1.29. The van der Waals surface area contributed by atoms with Gasteiger partial charge < -0.3 is 5.11 Å². The van der Waals surface area contributed by atoms with Crippen LogP contribution in [0.15, 0.2) is 12.1 Å². The highest BCUT2D eigenvalue weighted by Crippen LogP contribution is 2.26. The molecule has 1 N–H and O–H groups in total. The van der Waals surface area contributed by atoms with Gasteiger partial charge >= 0.3 is 5.97 Å². The number of carboxylic acids is 1. The second-order valence-electron chi connectivity index (χ2n) is 2.92. The molecule has 1 aromatic carbocycles. The molecule has 0 amide bonds. The summed E-state index contributed by atoms with van der Waals surface area (Å²) < 4.78 is 24.8. The van der Waals surface area contributed by atoms with E-state index in [2.05, 4.69) is 0 Å². The van der Waals surface area contributed by atoms with E-state index in [-0.39, 0.29) is 22.3 Å². The zero-order chi connectivity index (χ0) is 11.6. The SMILES string of the molecule is Cc1c(C(F)F)ccc(C(=O)O)c1C#N. The number of benzene rings is 1. The van der Waals surface area contributed by atoms with Gasteiger partial charge in [0, 0.05) is 5.56 Å². The Morgan fingerprint density at radius 3 is 2.53 bits per heavy atom. The minimum atomic E-state index is -2.71. The number of alkyl halides is 2. The summed E-state index contributed by atoms with van der Waals surface area (Å²) in [6, 6.07) is 3.68. The van der Waals surface area contributed by atoms with E-state index < -0.39 is 12.4 Å². The Kier molecular flexibility index (Phi) is 3.00. The number of aromatic carboxylic acids is 1. The van der Waals surface area contributed by atoms with Crippen molar-refractivity contribution in [2.24, 2.45) is 0 Å². The quantitative estimate of drug-likeness (QED) is 0.817. The molecule has 0 saturated heterocycles. The summed E-state index contributed by atoms with van der Waals surface area (Å²) in [4.78, 5) is 10.7. The van der Waals surface area contributed by atoms with Crippen molar-refractivity contribution >= 4 is 5.97 Å². The van der Waals surface area contributed by atoms with Crippen LogP contribution in [0.5, 0.6) is 0 Å². The number of nitriles is 1. The Balaban J connectivity index is 3.48. The Morgan fingerprint density at radius 1 is 1.53 bits per heavy atom. The van der Waals surface area contributed by atoms with Crippen LogP contribution in [0.3, 0.4) is 0 Å². The van der Waals surface area contributed by atoms with Gasteiger partial charge in [0.2, 0.25) is 0 Å². The van der Waals surface area contributed by atoms with Gasteiger partial charge in [-0.25, -0.2) is 13.6 Å². The third kappa shape index (κ3) is 1.94. The number of halogens is 2. The highest BCUT2D eigenvalue weighted by molar-refractivity contribution is 5.91. The normalized spacial score (nSPS) is 10.1. The number of rotatable bonds is 2. The van der Waals surface area contributed by atoms with E-state index in [0.717, 1.165) is 12.1 Å². The molecule has 0 unspecified atom stereocenters. The first kappa shape index (κ1) is 11.1. The fourth-order valence-corrected chi connectivity index (χ4v) is 1.29. The van der Waals surface area contributed by atoms with Gasteiger partial charge in [-0.15, -0.1) is 0 Å². The van der Waals surface area contributed by atoms with Crippen LogP contribution in [0, 0.1) is 18.3 Å². The largest absolute Gasteiger partial charge is 0.478 e. The van der Waals surface area contributed by atoms with Crippen LogP contribution in [-0.4, -0.2) is 11.1 Å². The van der Waals surface area contributed by atoms with Gasteiger partial charge in [0.25, 0.3) is 6.43 Å². The molecule has 0 aliphatic heterocycles. The zero-order valence-electron chi connectivity index (χ0n) is 7.79. The number of nitrogens with zero attached hydrogens (tertiary/aromatic N) is 1. The highest BCUT2D eigenvalue weighted by atomic mass is 19.3. The molecule has 15 heavy (non-hydrogen) atoms. The van der Waals surface area contributed by atoms with Crippen molar-refractivity contribution < 1.29 is 18.7 Å². The lowest BCUT2D eigenvalue weighted by molar-refractivity contribution is 0.0696. The highest BCUT2D eigenvalue weighted by Gasteiger charge is 2.18. The Hall–Kier alpha value is -1.96. The summed E-state index contributed by atoms with van der Waals surface area (Å²) in [5, 5.41) is 17.4. The third-order valence-electron chi connectivity index (χ3n) is 2.08. The molecule has 0 aromatic heterocycles. The molecule has 0 radical (unpaired) electrons. The molecule has 0 bridgehead atoms. The van der Waals surface area contributed by atoms with Gasteiger partial charge in [-0.05, 0) is 18.6 Å². The van der Waals surface area contributed by atoms with Crippen LogP contribution in [-0.2, 0) is 0 Å². The van der Waals surface area contributed by atoms with Crippen LogP contribution in [0.25, 0.3) is 0 Å². The van der Waals surface area contributed by atoms with Crippen molar-refractivity contribution in [2.75, 3.05) is 0 Å². The first-order valence-corrected chi connectivity index (χ1v) is 4.04. The van der Waals surface area contributed by atoms with E-state index in [1.807, 2.05) is 0 Å². The van der Waals surface area contributed by atoms with E-state index in [1.54, 1.807) is 6.07 Å².